The fourth-order valence-corrected chi connectivity index (χ4v) is 1.51. The summed E-state index contributed by atoms with van der Waals surface area (Å²) in [4.78, 5) is 0. The molecule has 1 atom stereocenters. The van der Waals surface area contributed by atoms with Crippen molar-refractivity contribution in [2.45, 2.75) is 25.9 Å². The van der Waals surface area contributed by atoms with Crippen LogP contribution in [-0.2, 0) is 0 Å². The molecule has 1 rings (SSSR count). The zero-order chi connectivity index (χ0) is 12.5. The zero-order valence-electron chi connectivity index (χ0n) is 10.1. The molecule has 96 valence electrons. The highest BCUT2D eigenvalue weighted by molar-refractivity contribution is 5.39. The van der Waals surface area contributed by atoms with Gasteiger partial charge in [0.2, 0.25) is 0 Å². The quantitative estimate of drug-likeness (QED) is 0.724. The van der Waals surface area contributed by atoms with Crippen molar-refractivity contribution >= 4 is 0 Å². The molecule has 17 heavy (non-hydrogen) atoms. The van der Waals surface area contributed by atoms with Crippen molar-refractivity contribution in [2.75, 3.05) is 19.8 Å². The maximum Gasteiger partial charge on any atom is 0.161 e. The summed E-state index contributed by atoms with van der Waals surface area (Å²) < 4.78 is 11.0. The predicted molar refractivity (Wildman–Crippen MR) is 65.4 cm³/mol. The third-order valence-electron chi connectivity index (χ3n) is 2.31. The first-order valence-electron chi connectivity index (χ1n) is 5.92. The van der Waals surface area contributed by atoms with Crippen LogP contribution in [0, 0.1) is 0 Å². The van der Waals surface area contributed by atoms with E-state index < -0.39 is 0 Å². The fraction of sp³-hybridized carbons (Fsp3) is 0.538. The summed E-state index contributed by atoms with van der Waals surface area (Å²) in [7, 11) is 0. The molecule has 0 fully saturated rings. The van der Waals surface area contributed by atoms with Crippen LogP contribution in [0.25, 0.3) is 0 Å². The Bertz CT molecular complexity index is 314. The van der Waals surface area contributed by atoms with E-state index in [1.54, 1.807) is 12.1 Å². The maximum atomic E-state index is 9.18. The molecule has 2 N–H and O–H groups in total. The maximum absolute atomic E-state index is 9.18. The van der Waals surface area contributed by atoms with Crippen LogP contribution in [0.15, 0.2) is 24.3 Å². The molecule has 1 aromatic carbocycles. The molecule has 0 aliphatic carbocycles. The van der Waals surface area contributed by atoms with Gasteiger partial charge >= 0.3 is 0 Å². The number of ether oxygens (including phenoxy) is 2. The summed E-state index contributed by atoms with van der Waals surface area (Å²) in [6, 6.07) is 7.27. The Labute approximate surface area is 102 Å². The number of para-hydroxylation sites is 2. The molecule has 0 amide bonds. The first-order chi connectivity index (χ1) is 8.31. The molecule has 0 aromatic heterocycles. The van der Waals surface area contributed by atoms with Crippen molar-refractivity contribution < 1.29 is 19.7 Å². The van der Waals surface area contributed by atoms with Gasteiger partial charge in [-0.15, -0.1) is 0 Å². The summed E-state index contributed by atoms with van der Waals surface area (Å²) in [5, 5.41) is 17.9. The normalized spacial score (nSPS) is 12.2. The van der Waals surface area contributed by atoms with E-state index in [1.807, 2.05) is 19.1 Å². The molecular weight excluding hydrogens is 220 g/mol. The van der Waals surface area contributed by atoms with E-state index in [4.69, 9.17) is 14.6 Å². The van der Waals surface area contributed by atoms with E-state index in [-0.39, 0.29) is 25.9 Å². The minimum absolute atomic E-state index is 0.0117. The Morgan fingerprint density at radius 1 is 1.18 bits per heavy atom. The standard InChI is InChI=1S/C13H20O4/c1-2-5-11(10-15)17-13-7-4-3-6-12(13)16-9-8-14/h3-4,6-7,11,14-15H,2,5,8-10H2,1H3/t11-/m0/s1. The van der Waals surface area contributed by atoms with Gasteiger partial charge in [0.15, 0.2) is 11.5 Å². The molecule has 1 aromatic rings. The predicted octanol–water partition coefficient (Wildman–Crippen LogP) is 1.60. The van der Waals surface area contributed by atoms with Gasteiger partial charge in [0.05, 0.1) is 13.2 Å². The second kappa shape index (κ2) is 7.92. The molecule has 4 heteroatoms. The van der Waals surface area contributed by atoms with Crippen molar-refractivity contribution in [3.8, 4) is 11.5 Å². The van der Waals surface area contributed by atoms with Crippen molar-refractivity contribution in [1.82, 2.24) is 0 Å². The first kappa shape index (κ1) is 13.8. The van der Waals surface area contributed by atoms with Crippen LogP contribution < -0.4 is 9.47 Å². The smallest absolute Gasteiger partial charge is 0.161 e. The summed E-state index contributed by atoms with van der Waals surface area (Å²) in [6.45, 7) is 2.23. The number of hydrogen-bond acceptors (Lipinski definition) is 4. The lowest BCUT2D eigenvalue weighted by Gasteiger charge is -2.18. The lowest BCUT2D eigenvalue weighted by atomic mass is 10.2. The van der Waals surface area contributed by atoms with E-state index in [9.17, 15) is 5.11 Å². The van der Waals surface area contributed by atoms with Gasteiger partial charge in [-0.05, 0) is 18.6 Å². The van der Waals surface area contributed by atoms with Crippen LogP contribution in [0.1, 0.15) is 19.8 Å². The zero-order valence-corrected chi connectivity index (χ0v) is 10.1. The minimum atomic E-state index is -0.209. The van der Waals surface area contributed by atoms with Crippen LogP contribution in [0.3, 0.4) is 0 Å². The Morgan fingerprint density at radius 2 is 1.88 bits per heavy atom. The van der Waals surface area contributed by atoms with Crippen LogP contribution in [0.5, 0.6) is 11.5 Å². The fourth-order valence-electron chi connectivity index (χ4n) is 1.51. The van der Waals surface area contributed by atoms with Crippen molar-refractivity contribution in [1.29, 1.82) is 0 Å². The van der Waals surface area contributed by atoms with Gasteiger partial charge < -0.3 is 19.7 Å². The van der Waals surface area contributed by atoms with Crippen LogP contribution in [0.2, 0.25) is 0 Å². The van der Waals surface area contributed by atoms with E-state index in [1.165, 1.54) is 0 Å². The largest absolute Gasteiger partial charge is 0.487 e. The topological polar surface area (TPSA) is 58.9 Å². The summed E-state index contributed by atoms with van der Waals surface area (Å²) in [5.41, 5.74) is 0. The monoisotopic (exact) mass is 240 g/mol. The highest BCUT2D eigenvalue weighted by Gasteiger charge is 2.11. The van der Waals surface area contributed by atoms with E-state index in [0.29, 0.717) is 11.5 Å². The van der Waals surface area contributed by atoms with Crippen molar-refractivity contribution in [2.24, 2.45) is 0 Å². The number of aliphatic hydroxyl groups is 2. The van der Waals surface area contributed by atoms with Crippen molar-refractivity contribution in [3.05, 3.63) is 24.3 Å². The number of rotatable bonds is 8. The van der Waals surface area contributed by atoms with Gasteiger partial charge in [-0.2, -0.15) is 0 Å². The molecule has 4 nitrogen and oxygen atoms in total. The van der Waals surface area contributed by atoms with E-state index in [2.05, 4.69) is 0 Å². The van der Waals surface area contributed by atoms with Gasteiger partial charge in [-0.3, -0.25) is 0 Å². The van der Waals surface area contributed by atoms with Crippen LogP contribution in [0.4, 0.5) is 0 Å². The Morgan fingerprint density at radius 3 is 2.47 bits per heavy atom. The average Bonchev–Trinajstić information content (AvgIpc) is 2.37. The average molecular weight is 240 g/mol. The second-order valence-electron chi connectivity index (χ2n) is 3.73. The minimum Gasteiger partial charge on any atom is -0.487 e. The lowest BCUT2D eigenvalue weighted by Crippen LogP contribution is -2.21. The molecular formula is C13H20O4. The molecule has 0 saturated carbocycles. The Hall–Kier alpha value is -1.26. The number of aliphatic hydroxyl groups excluding tert-OH is 2. The molecule has 0 aliphatic rings. The Balaban J connectivity index is 2.67. The van der Waals surface area contributed by atoms with Crippen molar-refractivity contribution in [3.63, 3.8) is 0 Å². The van der Waals surface area contributed by atoms with Crippen LogP contribution in [-0.4, -0.2) is 36.1 Å². The van der Waals surface area contributed by atoms with Crippen LogP contribution >= 0.6 is 0 Å². The molecule has 0 aliphatic heterocycles. The van der Waals surface area contributed by atoms with Gasteiger partial charge in [0, 0.05) is 0 Å². The third-order valence-corrected chi connectivity index (χ3v) is 2.31. The van der Waals surface area contributed by atoms with Gasteiger partial charge in [-0.1, -0.05) is 25.5 Å². The van der Waals surface area contributed by atoms with Gasteiger partial charge in [0.25, 0.3) is 0 Å². The Kier molecular flexibility index (Phi) is 6.43. The molecule has 0 heterocycles. The number of hydrogen-bond donors (Lipinski definition) is 2. The van der Waals surface area contributed by atoms with Gasteiger partial charge in [-0.25, -0.2) is 0 Å². The molecule has 0 saturated heterocycles. The lowest BCUT2D eigenvalue weighted by molar-refractivity contribution is 0.102. The van der Waals surface area contributed by atoms with E-state index in [0.717, 1.165) is 12.8 Å². The summed E-state index contributed by atoms with van der Waals surface area (Å²) in [5.74, 6) is 1.20. The molecule has 0 bridgehead atoms. The third kappa shape index (κ3) is 4.63. The molecule has 0 radical (unpaired) electrons. The summed E-state index contributed by atoms with van der Waals surface area (Å²) in [6.07, 6.45) is 1.54. The summed E-state index contributed by atoms with van der Waals surface area (Å²) >= 11 is 0. The molecule has 0 unspecified atom stereocenters. The number of benzene rings is 1. The van der Waals surface area contributed by atoms with Gasteiger partial charge in [0.1, 0.15) is 12.7 Å². The highest BCUT2D eigenvalue weighted by atomic mass is 16.5. The SMILES string of the molecule is CCC[C@@H](CO)Oc1ccccc1OCCO. The first-order valence-corrected chi connectivity index (χ1v) is 5.92. The second-order valence-corrected chi connectivity index (χ2v) is 3.73. The molecule has 0 spiro atoms. The van der Waals surface area contributed by atoms with E-state index >= 15 is 0 Å². The highest BCUT2D eigenvalue weighted by Crippen LogP contribution is 2.27.